The molecule has 0 aliphatic carbocycles. The minimum atomic E-state index is -0.531. The van der Waals surface area contributed by atoms with Crippen LogP contribution >= 0.6 is 0 Å². The van der Waals surface area contributed by atoms with Crippen molar-refractivity contribution >= 4 is 18.0 Å². The van der Waals surface area contributed by atoms with Crippen LogP contribution in [-0.4, -0.2) is 32.3 Å². The monoisotopic (exact) mass is 396 g/mol. The van der Waals surface area contributed by atoms with Crippen molar-refractivity contribution in [3.63, 3.8) is 0 Å². The molecule has 2 N–H and O–H groups in total. The normalized spacial score (nSPS) is 14.5. The van der Waals surface area contributed by atoms with E-state index in [1.54, 1.807) is 31.4 Å². The third-order valence-corrected chi connectivity index (χ3v) is 4.35. The lowest BCUT2D eigenvalue weighted by Gasteiger charge is -2.13. The maximum absolute atomic E-state index is 11.6. The lowest BCUT2D eigenvalue weighted by molar-refractivity contribution is -0.115. The molecule has 1 fully saturated rings. The van der Waals surface area contributed by atoms with Crippen LogP contribution in [0.3, 0.4) is 0 Å². The summed E-state index contributed by atoms with van der Waals surface area (Å²) in [5.74, 6) is 1.56. The van der Waals surface area contributed by atoms with E-state index in [0.29, 0.717) is 36.7 Å². The van der Waals surface area contributed by atoms with E-state index in [1.165, 1.54) is 5.56 Å². The molecule has 3 amide bonds. The second-order valence-electron chi connectivity index (χ2n) is 6.70. The highest BCUT2D eigenvalue weighted by molar-refractivity contribution is 6.14. The number of carbonyl (C=O) groups is 2. The van der Waals surface area contributed by atoms with Gasteiger partial charge in [0.05, 0.1) is 20.3 Å². The van der Waals surface area contributed by atoms with Gasteiger partial charge in [0.15, 0.2) is 11.5 Å². The molecule has 0 saturated carbocycles. The van der Waals surface area contributed by atoms with E-state index >= 15 is 0 Å². The number of carbonyl (C=O) groups excluding carboxylic acids is 2. The van der Waals surface area contributed by atoms with Gasteiger partial charge in [-0.25, -0.2) is 4.79 Å². The van der Waals surface area contributed by atoms with Crippen LogP contribution in [0.15, 0.2) is 42.1 Å². The molecule has 29 heavy (non-hydrogen) atoms. The maximum atomic E-state index is 11.6. The highest BCUT2D eigenvalue weighted by atomic mass is 16.5. The number of amides is 3. The second-order valence-corrected chi connectivity index (χ2v) is 6.70. The largest absolute Gasteiger partial charge is 0.493 e. The molecule has 7 nitrogen and oxygen atoms in total. The molecular weight excluding hydrogens is 372 g/mol. The molecule has 3 rings (SSSR count). The van der Waals surface area contributed by atoms with Crippen LogP contribution in [0.5, 0.6) is 17.2 Å². The second kappa shape index (κ2) is 9.14. The third kappa shape index (κ3) is 5.28. The van der Waals surface area contributed by atoms with Gasteiger partial charge in [-0.1, -0.05) is 23.8 Å². The fraction of sp³-hybridized carbons (Fsp3) is 0.273. The molecule has 1 aliphatic rings. The summed E-state index contributed by atoms with van der Waals surface area (Å²) >= 11 is 0. The number of hydrogen-bond donors (Lipinski definition) is 2. The fourth-order valence-corrected chi connectivity index (χ4v) is 2.93. The average Bonchev–Trinajstić information content (AvgIpc) is 3.00. The number of urea groups is 1. The molecule has 1 aliphatic heterocycles. The minimum absolute atomic E-state index is 0.189. The lowest BCUT2D eigenvalue weighted by atomic mass is 10.1. The molecule has 1 saturated heterocycles. The van der Waals surface area contributed by atoms with E-state index in [-0.39, 0.29) is 5.70 Å². The smallest absolute Gasteiger partial charge is 0.326 e. The Bertz CT molecular complexity index is 952. The quantitative estimate of drug-likeness (QED) is 0.406. The number of methoxy groups -OCH3 is 1. The Morgan fingerprint density at radius 3 is 2.28 bits per heavy atom. The predicted octanol–water partition coefficient (Wildman–Crippen LogP) is 3.34. The number of nitrogens with one attached hydrogen (secondary N) is 2. The average molecular weight is 396 g/mol. The van der Waals surface area contributed by atoms with E-state index in [9.17, 15) is 9.59 Å². The number of hydrogen-bond acceptors (Lipinski definition) is 5. The Hall–Kier alpha value is -3.48. The first kappa shape index (κ1) is 20.3. The van der Waals surface area contributed by atoms with Crippen LogP contribution in [0.25, 0.3) is 6.08 Å². The number of rotatable bonds is 8. The van der Waals surface area contributed by atoms with Gasteiger partial charge in [0, 0.05) is 6.42 Å². The van der Waals surface area contributed by atoms with E-state index in [4.69, 9.17) is 14.2 Å². The molecule has 0 bridgehead atoms. The Morgan fingerprint density at radius 2 is 1.62 bits per heavy atom. The summed E-state index contributed by atoms with van der Waals surface area (Å²) in [5, 5.41) is 4.61. The standard InChI is InChI=1S/C22H24N2O5/c1-14-5-7-18(15(2)11-14)28-9-4-10-29-19-8-6-16(13-20(19)27-3)12-17-21(25)24-22(26)23-17/h5-8,11-13H,4,9-10H2,1-3H3,(H2,23,24,25,26)/b17-12+. The number of ether oxygens (including phenoxy) is 3. The molecule has 2 aromatic carbocycles. The zero-order valence-electron chi connectivity index (χ0n) is 16.7. The van der Waals surface area contributed by atoms with Crippen molar-refractivity contribution in [3.05, 3.63) is 58.8 Å². The number of imide groups is 1. The van der Waals surface area contributed by atoms with Crippen LogP contribution in [0.2, 0.25) is 0 Å². The maximum Gasteiger partial charge on any atom is 0.326 e. The molecule has 152 valence electrons. The van der Waals surface area contributed by atoms with Gasteiger partial charge in [0.1, 0.15) is 11.4 Å². The van der Waals surface area contributed by atoms with Gasteiger partial charge in [0.25, 0.3) is 5.91 Å². The van der Waals surface area contributed by atoms with E-state index in [0.717, 1.165) is 11.3 Å². The number of benzene rings is 2. The minimum Gasteiger partial charge on any atom is -0.493 e. The summed E-state index contributed by atoms with van der Waals surface area (Å²) in [7, 11) is 1.55. The summed E-state index contributed by atoms with van der Waals surface area (Å²) in [4.78, 5) is 22.8. The summed E-state index contributed by atoms with van der Waals surface area (Å²) < 4.78 is 17.0. The molecule has 0 unspecified atom stereocenters. The Balaban J connectivity index is 1.53. The van der Waals surface area contributed by atoms with Crippen molar-refractivity contribution in [2.45, 2.75) is 20.3 Å². The van der Waals surface area contributed by atoms with Crippen molar-refractivity contribution in [1.29, 1.82) is 0 Å². The molecule has 1 heterocycles. The summed E-state index contributed by atoms with van der Waals surface area (Å²) in [6.45, 7) is 5.10. The SMILES string of the molecule is COc1cc(/C=C2/NC(=O)NC2=O)ccc1OCCCOc1ccc(C)cc1C. The summed E-state index contributed by atoms with van der Waals surface area (Å²) in [6, 6.07) is 10.9. The van der Waals surface area contributed by atoms with Gasteiger partial charge in [-0.3, -0.25) is 10.1 Å². The van der Waals surface area contributed by atoms with E-state index in [2.05, 4.69) is 23.6 Å². The molecule has 0 aromatic heterocycles. The van der Waals surface area contributed by atoms with Gasteiger partial charge in [-0.2, -0.15) is 0 Å². The van der Waals surface area contributed by atoms with Crippen LogP contribution in [0.4, 0.5) is 4.79 Å². The van der Waals surface area contributed by atoms with Gasteiger partial charge < -0.3 is 19.5 Å². The first-order chi connectivity index (χ1) is 14.0. The zero-order chi connectivity index (χ0) is 20.8. The van der Waals surface area contributed by atoms with E-state index < -0.39 is 11.9 Å². The van der Waals surface area contributed by atoms with Crippen molar-refractivity contribution < 1.29 is 23.8 Å². The molecule has 7 heteroatoms. The third-order valence-electron chi connectivity index (χ3n) is 4.35. The molecule has 0 spiro atoms. The first-order valence-electron chi connectivity index (χ1n) is 9.31. The van der Waals surface area contributed by atoms with Crippen LogP contribution in [-0.2, 0) is 4.79 Å². The predicted molar refractivity (Wildman–Crippen MR) is 109 cm³/mol. The van der Waals surface area contributed by atoms with Crippen molar-refractivity contribution in [1.82, 2.24) is 10.6 Å². The van der Waals surface area contributed by atoms with Crippen molar-refractivity contribution in [2.75, 3.05) is 20.3 Å². The molecule has 0 radical (unpaired) electrons. The zero-order valence-corrected chi connectivity index (χ0v) is 16.7. The Labute approximate surface area is 169 Å². The van der Waals surface area contributed by atoms with Crippen LogP contribution < -0.4 is 24.8 Å². The van der Waals surface area contributed by atoms with Crippen LogP contribution in [0, 0.1) is 13.8 Å². The van der Waals surface area contributed by atoms with Gasteiger partial charge in [-0.05, 0) is 49.2 Å². The van der Waals surface area contributed by atoms with Gasteiger partial charge in [-0.15, -0.1) is 0 Å². The topological polar surface area (TPSA) is 85.9 Å². The summed E-state index contributed by atoms with van der Waals surface area (Å²) in [5.41, 5.74) is 3.22. The van der Waals surface area contributed by atoms with Crippen molar-refractivity contribution in [2.24, 2.45) is 0 Å². The highest BCUT2D eigenvalue weighted by Gasteiger charge is 2.22. The van der Waals surface area contributed by atoms with E-state index in [1.807, 2.05) is 19.1 Å². The van der Waals surface area contributed by atoms with Gasteiger partial charge in [0.2, 0.25) is 0 Å². The lowest BCUT2D eigenvalue weighted by Crippen LogP contribution is -2.22. The molecule has 0 atom stereocenters. The molecular formula is C22H24N2O5. The Morgan fingerprint density at radius 1 is 0.897 bits per heavy atom. The molecule has 2 aromatic rings. The first-order valence-corrected chi connectivity index (χ1v) is 9.31. The Kier molecular flexibility index (Phi) is 6.39. The van der Waals surface area contributed by atoms with Gasteiger partial charge >= 0.3 is 6.03 Å². The van der Waals surface area contributed by atoms with Crippen molar-refractivity contribution in [3.8, 4) is 17.2 Å². The summed E-state index contributed by atoms with van der Waals surface area (Å²) in [6.07, 6.45) is 2.29. The number of aryl methyl sites for hydroxylation is 2. The fourth-order valence-electron chi connectivity index (χ4n) is 2.93. The highest BCUT2D eigenvalue weighted by Crippen LogP contribution is 2.29. The van der Waals surface area contributed by atoms with Crippen LogP contribution in [0.1, 0.15) is 23.1 Å².